The summed E-state index contributed by atoms with van der Waals surface area (Å²) in [5, 5.41) is 3.31. The number of esters is 1. The standard InChI is InChI=1S/C20H21ClFNO3/c1-4-17(23-13(2)12-18(24)25-3)15-10-11-16(21)20(19(15)22)26-14-8-6-5-7-9-14/h5-12,17,23H,4H2,1-3H3/t17-/m1/s1. The van der Waals surface area contributed by atoms with Gasteiger partial charge in [0.05, 0.1) is 18.2 Å². The van der Waals surface area contributed by atoms with E-state index >= 15 is 4.39 Å². The predicted molar refractivity (Wildman–Crippen MR) is 99.9 cm³/mol. The van der Waals surface area contributed by atoms with Crippen LogP contribution in [-0.2, 0) is 9.53 Å². The molecule has 0 fully saturated rings. The van der Waals surface area contributed by atoms with E-state index in [4.69, 9.17) is 16.3 Å². The number of hydrogen-bond acceptors (Lipinski definition) is 4. The van der Waals surface area contributed by atoms with E-state index in [-0.39, 0.29) is 16.8 Å². The molecular formula is C20H21ClFNO3. The summed E-state index contributed by atoms with van der Waals surface area (Å²) in [6.45, 7) is 3.63. The Morgan fingerprint density at radius 2 is 1.96 bits per heavy atom. The maximum Gasteiger partial charge on any atom is 0.332 e. The first-order valence-electron chi connectivity index (χ1n) is 8.19. The molecule has 26 heavy (non-hydrogen) atoms. The van der Waals surface area contributed by atoms with Crippen LogP contribution < -0.4 is 10.1 Å². The number of nitrogens with one attached hydrogen (secondary N) is 1. The molecule has 2 aromatic rings. The molecule has 0 heterocycles. The minimum Gasteiger partial charge on any atom is -0.466 e. The summed E-state index contributed by atoms with van der Waals surface area (Å²) < 4.78 is 25.3. The van der Waals surface area contributed by atoms with Crippen LogP contribution >= 0.6 is 11.6 Å². The first kappa shape index (κ1) is 19.8. The number of ether oxygens (including phenoxy) is 2. The third kappa shape index (κ3) is 4.99. The maximum atomic E-state index is 15.1. The zero-order valence-electron chi connectivity index (χ0n) is 14.9. The second-order valence-corrected chi connectivity index (χ2v) is 6.06. The van der Waals surface area contributed by atoms with E-state index in [0.717, 1.165) is 0 Å². The molecule has 1 atom stereocenters. The molecule has 0 saturated heterocycles. The van der Waals surface area contributed by atoms with Crippen molar-refractivity contribution < 1.29 is 18.7 Å². The second-order valence-electron chi connectivity index (χ2n) is 5.65. The van der Waals surface area contributed by atoms with Gasteiger partial charge in [-0.25, -0.2) is 9.18 Å². The number of rotatable bonds is 7. The average molecular weight is 378 g/mol. The summed E-state index contributed by atoms with van der Waals surface area (Å²) >= 11 is 6.13. The van der Waals surface area contributed by atoms with Gasteiger partial charge in [0.1, 0.15) is 5.75 Å². The molecule has 0 bridgehead atoms. The van der Waals surface area contributed by atoms with Gasteiger partial charge in [0.25, 0.3) is 0 Å². The van der Waals surface area contributed by atoms with Gasteiger partial charge in [-0.2, -0.15) is 0 Å². The molecule has 0 aliphatic heterocycles. The fourth-order valence-electron chi connectivity index (χ4n) is 2.47. The van der Waals surface area contributed by atoms with Crippen molar-refractivity contribution in [2.75, 3.05) is 7.11 Å². The van der Waals surface area contributed by atoms with Crippen molar-refractivity contribution in [1.82, 2.24) is 5.32 Å². The summed E-state index contributed by atoms with van der Waals surface area (Å²) in [5.74, 6) is -0.542. The lowest BCUT2D eigenvalue weighted by Crippen LogP contribution is -2.21. The molecule has 0 radical (unpaired) electrons. The lowest BCUT2D eigenvalue weighted by molar-refractivity contribution is -0.134. The third-order valence-corrected chi connectivity index (χ3v) is 4.06. The highest BCUT2D eigenvalue weighted by Crippen LogP contribution is 2.36. The second kappa shape index (κ2) is 9.25. The van der Waals surface area contributed by atoms with Gasteiger partial charge >= 0.3 is 5.97 Å². The van der Waals surface area contributed by atoms with E-state index in [2.05, 4.69) is 10.1 Å². The van der Waals surface area contributed by atoms with Crippen molar-refractivity contribution in [2.24, 2.45) is 0 Å². The molecule has 2 aromatic carbocycles. The monoisotopic (exact) mass is 377 g/mol. The zero-order valence-corrected chi connectivity index (χ0v) is 15.6. The average Bonchev–Trinajstić information content (AvgIpc) is 2.64. The minimum absolute atomic E-state index is 0.0229. The number of benzene rings is 2. The van der Waals surface area contributed by atoms with Crippen LogP contribution in [0.25, 0.3) is 0 Å². The molecule has 0 spiro atoms. The van der Waals surface area contributed by atoms with Gasteiger partial charge in [0, 0.05) is 17.3 Å². The molecule has 0 aliphatic rings. The summed E-state index contributed by atoms with van der Waals surface area (Å²) in [5.41, 5.74) is 0.976. The SMILES string of the molecule is CC[C@@H](NC(C)=CC(=O)OC)c1ccc(Cl)c(Oc2ccccc2)c1F. The van der Waals surface area contributed by atoms with Crippen molar-refractivity contribution in [3.63, 3.8) is 0 Å². The van der Waals surface area contributed by atoms with Gasteiger partial charge in [0.15, 0.2) is 11.6 Å². The van der Waals surface area contributed by atoms with E-state index in [1.165, 1.54) is 13.2 Å². The topological polar surface area (TPSA) is 47.6 Å². The van der Waals surface area contributed by atoms with E-state index < -0.39 is 11.8 Å². The van der Waals surface area contributed by atoms with Gasteiger partial charge in [-0.3, -0.25) is 0 Å². The van der Waals surface area contributed by atoms with E-state index in [9.17, 15) is 4.79 Å². The smallest absolute Gasteiger partial charge is 0.332 e. The summed E-state index contributed by atoms with van der Waals surface area (Å²) in [6, 6.07) is 11.7. The van der Waals surface area contributed by atoms with Crippen molar-refractivity contribution in [3.05, 3.63) is 70.6 Å². The number of allylic oxidation sites excluding steroid dienone is 1. The Morgan fingerprint density at radius 3 is 2.58 bits per heavy atom. The Labute approximate surface area is 157 Å². The number of halogens is 2. The fraction of sp³-hybridized carbons (Fsp3) is 0.250. The maximum absolute atomic E-state index is 15.1. The van der Waals surface area contributed by atoms with Crippen molar-refractivity contribution >= 4 is 17.6 Å². The molecule has 0 saturated carbocycles. The lowest BCUT2D eigenvalue weighted by atomic mass is 10.0. The van der Waals surface area contributed by atoms with Crippen LogP contribution in [0.1, 0.15) is 31.9 Å². The third-order valence-electron chi connectivity index (χ3n) is 3.76. The summed E-state index contributed by atoms with van der Waals surface area (Å²) in [7, 11) is 1.30. The predicted octanol–water partition coefficient (Wildman–Crippen LogP) is 5.39. The molecule has 0 amide bonds. The van der Waals surface area contributed by atoms with Crippen LogP contribution in [0.4, 0.5) is 4.39 Å². The number of hydrogen-bond donors (Lipinski definition) is 1. The Balaban J connectivity index is 2.31. The Morgan fingerprint density at radius 1 is 1.27 bits per heavy atom. The molecular weight excluding hydrogens is 357 g/mol. The van der Waals surface area contributed by atoms with Crippen LogP contribution in [0.3, 0.4) is 0 Å². The van der Waals surface area contributed by atoms with Crippen LogP contribution in [0.5, 0.6) is 11.5 Å². The highest BCUT2D eigenvalue weighted by Gasteiger charge is 2.20. The van der Waals surface area contributed by atoms with Gasteiger partial charge in [-0.05, 0) is 31.5 Å². The molecule has 0 unspecified atom stereocenters. The molecule has 6 heteroatoms. The number of methoxy groups -OCH3 is 1. The minimum atomic E-state index is -0.536. The molecule has 1 N–H and O–H groups in total. The van der Waals surface area contributed by atoms with Gasteiger partial charge in [-0.1, -0.05) is 42.8 Å². The number of carbonyl (C=O) groups is 1. The van der Waals surface area contributed by atoms with Crippen molar-refractivity contribution in [1.29, 1.82) is 0 Å². The quantitative estimate of drug-likeness (QED) is 0.519. The highest BCUT2D eigenvalue weighted by molar-refractivity contribution is 6.32. The summed E-state index contributed by atoms with van der Waals surface area (Å²) in [6.07, 6.45) is 1.91. The van der Waals surface area contributed by atoms with Gasteiger partial charge in [-0.15, -0.1) is 0 Å². The van der Waals surface area contributed by atoms with Gasteiger partial charge < -0.3 is 14.8 Å². The first-order valence-corrected chi connectivity index (χ1v) is 8.57. The largest absolute Gasteiger partial charge is 0.466 e. The van der Waals surface area contributed by atoms with Gasteiger partial charge in [0.2, 0.25) is 0 Å². The fourth-order valence-corrected chi connectivity index (χ4v) is 2.65. The Kier molecular flexibility index (Phi) is 7.04. The zero-order chi connectivity index (χ0) is 19.1. The molecule has 0 aromatic heterocycles. The van der Waals surface area contributed by atoms with Crippen LogP contribution in [0.15, 0.2) is 54.2 Å². The molecule has 2 rings (SSSR count). The number of carbonyl (C=O) groups excluding carboxylic acids is 1. The normalized spacial score (nSPS) is 12.4. The van der Waals surface area contributed by atoms with Crippen molar-refractivity contribution in [2.45, 2.75) is 26.3 Å². The van der Waals surface area contributed by atoms with Crippen LogP contribution in [0, 0.1) is 5.82 Å². The number of para-hydroxylation sites is 1. The molecule has 0 aliphatic carbocycles. The highest BCUT2D eigenvalue weighted by atomic mass is 35.5. The lowest BCUT2D eigenvalue weighted by Gasteiger charge is -2.21. The van der Waals surface area contributed by atoms with E-state index in [1.807, 2.05) is 13.0 Å². The van der Waals surface area contributed by atoms with Crippen LogP contribution in [0.2, 0.25) is 5.02 Å². The molecule has 4 nitrogen and oxygen atoms in total. The summed E-state index contributed by atoms with van der Waals surface area (Å²) in [4.78, 5) is 11.3. The van der Waals surface area contributed by atoms with E-state index in [0.29, 0.717) is 23.4 Å². The first-order chi connectivity index (χ1) is 12.5. The van der Waals surface area contributed by atoms with E-state index in [1.54, 1.807) is 43.3 Å². The van der Waals surface area contributed by atoms with Crippen LogP contribution in [-0.4, -0.2) is 13.1 Å². The Bertz CT molecular complexity index is 793. The Hall–Kier alpha value is -2.53. The molecule has 138 valence electrons. The van der Waals surface area contributed by atoms with Crippen molar-refractivity contribution in [3.8, 4) is 11.5 Å².